The smallest absolute Gasteiger partial charge is 0.121 e. The van der Waals surface area contributed by atoms with Gasteiger partial charge in [-0.15, -0.1) is 0 Å². The first-order chi connectivity index (χ1) is 9.02. The summed E-state index contributed by atoms with van der Waals surface area (Å²) in [6.07, 6.45) is -0.609. The van der Waals surface area contributed by atoms with Crippen molar-refractivity contribution in [3.8, 4) is 0 Å². The molecule has 0 saturated heterocycles. The maximum absolute atomic E-state index is 10.5. The zero-order valence-corrected chi connectivity index (χ0v) is 12.1. The molecule has 19 heavy (non-hydrogen) atoms. The van der Waals surface area contributed by atoms with Crippen LogP contribution in [0.4, 0.5) is 0 Å². The molecule has 3 nitrogen and oxygen atoms in total. The third-order valence-electron chi connectivity index (χ3n) is 3.43. The van der Waals surface area contributed by atoms with E-state index in [1.54, 1.807) is 0 Å². The Morgan fingerprint density at radius 2 is 1.74 bits per heavy atom. The number of aromatic nitrogens is 2. The van der Waals surface area contributed by atoms with E-state index in [1.165, 1.54) is 5.56 Å². The topological polar surface area (TPSA) is 38.0 Å². The van der Waals surface area contributed by atoms with Crippen molar-refractivity contribution in [2.75, 3.05) is 0 Å². The van der Waals surface area contributed by atoms with Crippen LogP contribution in [0.2, 0.25) is 0 Å². The Labute approximate surface area is 114 Å². The van der Waals surface area contributed by atoms with E-state index in [1.807, 2.05) is 36.7 Å². The van der Waals surface area contributed by atoms with Gasteiger partial charge in [-0.25, -0.2) is 0 Å². The summed E-state index contributed by atoms with van der Waals surface area (Å²) in [5.74, 6) is 0.509. The first-order valence-electron chi connectivity index (χ1n) is 6.85. The van der Waals surface area contributed by atoms with Crippen molar-refractivity contribution in [2.24, 2.45) is 0 Å². The molecule has 0 amide bonds. The molecule has 0 fully saturated rings. The third kappa shape index (κ3) is 2.87. The van der Waals surface area contributed by atoms with Crippen LogP contribution in [0.25, 0.3) is 0 Å². The molecule has 2 rings (SSSR count). The van der Waals surface area contributed by atoms with Gasteiger partial charge >= 0.3 is 0 Å². The molecule has 1 unspecified atom stereocenters. The average molecular weight is 258 g/mol. The first-order valence-corrected chi connectivity index (χ1v) is 6.85. The highest BCUT2D eigenvalue weighted by Gasteiger charge is 2.16. The lowest BCUT2D eigenvalue weighted by molar-refractivity contribution is 0.208. The molecule has 102 valence electrons. The Bertz CT molecular complexity index is 540. The molecule has 0 aliphatic carbocycles. The number of rotatable bonds is 4. The van der Waals surface area contributed by atoms with Crippen LogP contribution in [-0.4, -0.2) is 14.9 Å². The summed E-state index contributed by atoms with van der Waals surface area (Å²) in [4.78, 5) is 0. The van der Waals surface area contributed by atoms with Gasteiger partial charge in [0, 0.05) is 6.54 Å². The molecular weight excluding hydrogens is 236 g/mol. The third-order valence-corrected chi connectivity index (χ3v) is 3.43. The summed E-state index contributed by atoms with van der Waals surface area (Å²) in [7, 11) is 0. The normalized spacial score (nSPS) is 12.9. The molecule has 0 bridgehead atoms. The van der Waals surface area contributed by atoms with E-state index in [9.17, 15) is 5.11 Å². The monoisotopic (exact) mass is 258 g/mol. The lowest BCUT2D eigenvalue weighted by Crippen LogP contribution is -2.09. The van der Waals surface area contributed by atoms with Gasteiger partial charge in [0.05, 0.1) is 11.4 Å². The van der Waals surface area contributed by atoms with Crippen molar-refractivity contribution in [1.82, 2.24) is 9.78 Å². The zero-order valence-electron chi connectivity index (χ0n) is 12.1. The highest BCUT2D eigenvalue weighted by molar-refractivity contribution is 5.30. The van der Waals surface area contributed by atoms with E-state index < -0.39 is 6.10 Å². The minimum absolute atomic E-state index is 0.509. The number of aliphatic hydroxyl groups excluding tert-OH is 1. The lowest BCUT2D eigenvalue weighted by Gasteiger charge is -2.14. The maximum atomic E-state index is 10.5. The Morgan fingerprint density at radius 1 is 1.16 bits per heavy atom. The first kappa shape index (κ1) is 13.8. The number of hydrogen-bond acceptors (Lipinski definition) is 2. The fourth-order valence-corrected chi connectivity index (χ4v) is 2.27. The van der Waals surface area contributed by atoms with Gasteiger partial charge in [-0.3, -0.25) is 4.68 Å². The summed E-state index contributed by atoms with van der Waals surface area (Å²) >= 11 is 0. The van der Waals surface area contributed by atoms with Gasteiger partial charge in [-0.2, -0.15) is 5.10 Å². The molecule has 0 aliphatic rings. The van der Waals surface area contributed by atoms with Crippen LogP contribution in [0, 0.1) is 6.92 Å². The minimum atomic E-state index is -0.609. The molecule has 0 aliphatic heterocycles. The molecule has 0 saturated carbocycles. The predicted molar refractivity (Wildman–Crippen MR) is 77.2 cm³/mol. The Hall–Kier alpha value is -1.61. The van der Waals surface area contributed by atoms with E-state index in [0.717, 1.165) is 23.5 Å². The molecule has 0 spiro atoms. The molecule has 1 atom stereocenters. The van der Waals surface area contributed by atoms with Crippen molar-refractivity contribution in [2.45, 2.75) is 46.3 Å². The standard InChI is InChI=1S/C16H22N2O/c1-5-18-15(10-12(4)17-18)16(19)14-8-6-13(7-9-14)11(2)3/h6-11,16,19H,5H2,1-4H3. The van der Waals surface area contributed by atoms with Crippen LogP contribution in [0.1, 0.15) is 55.3 Å². The van der Waals surface area contributed by atoms with Crippen LogP contribution in [0.3, 0.4) is 0 Å². The lowest BCUT2D eigenvalue weighted by atomic mass is 9.99. The summed E-state index contributed by atoms with van der Waals surface area (Å²) in [5, 5.41) is 14.9. The van der Waals surface area contributed by atoms with Crippen molar-refractivity contribution in [1.29, 1.82) is 0 Å². The fourth-order valence-electron chi connectivity index (χ4n) is 2.27. The number of hydrogen-bond donors (Lipinski definition) is 1. The summed E-state index contributed by atoms with van der Waals surface area (Å²) in [6.45, 7) is 9.08. The Morgan fingerprint density at radius 3 is 2.26 bits per heavy atom. The van der Waals surface area contributed by atoms with E-state index in [2.05, 4.69) is 31.1 Å². The Kier molecular flexibility index (Phi) is 4.05. The summed E-state index contributed by atoms with van der Waals surface area (Å²) in [6, 6.07) is 10.1. The second-order valence-electron chi connectivity index (χ2n) is 5.25. The van der Waals surface area contributed by atoms with Crippen LogP contribution in [0.15, 0.2) is 30.3 Å². The molecule has 1 heterocycles. The summed E-state index contributed by atoms with van der Waals surface area (Å²) in [5.41, 5.74) is 4.00. The largest absolute Gasteiger partial charge is 0.382 e. The van der Waals surface area contributed by atoms with Crippen LogP contribution in [-0.2, 0) is 6.54 Å². The number of aliphatic hydroxyl groups is 1. The second kappa shape index (κ2) is 5.57. The van der Waals surface area contributed by atoms with Gasteiger partial charge in [-0.1, -0.05) is 38.1 Å². The summed E-state index contributed by atoms with van der Waals surface area (Å²) < 4.78 is 1.86. The van der Waals surface area contributed by atoms with E-state index in [0.29, 0.717) is 5.92 Å². The molecular formula is C16H22N2O. The quantitative estimate of drug-likeness (QED) is 0.912. The molecule has 3 heteroatoms. The van der Waals surface area contributed by atoms with Gasteiger partial charge in [0.25, 0.3) is 0 Å². The van der Waals surface area contributed by atoms with E-state index in [-0.39, 0.29) is 0 Å². The molecule has 1 aromatic carbocycles. The van der Waals surface area contributed by atoms with Crippen LogP contribution >= 0.6 is 0 Å². The number of nitrogens with zero attached hydrogens (tertiary/aromatic N) is 2. The van der Waals surface area contributed by atoms with Gasteiger partial charge in [0.15, 0.2) is 0 Å². The van der Waals surface area contributed by atoms with E-state index in [4.69, 9.17) is 0 Å². The van der Waals surface area contributed by atoms with Gasteiger partial charge in [0.1, 0.15) is 6.10 Å². The fraction of sp³-hybridized carbons (Fsp3) is 0.438. The predicted octanol–water partition coefficient (Wildman–Crippen LogP) is 3.42. The van der Waals surface area contributed by atoms with Crippen LogP contribution < -0.4 is 0 Å². The van der Waals surface area contributed by atoms with Crippen LogP contribution in [0.5, 0.6) is 0 Å². The average Bonchev–Trinajstić information content (AvgIpc) is 2.79. The highest BCUT2D eigenvalue weighted by atomic mass is 16.3. The van der Waals surface area contributed by atoms with Gasteiger partial charge in [0.2, 0.25) is 0 Å². The van der Waals surface area contributed by atoms with E-state index >= 15 is 0 Å². The molecule has 1 aromatic heterocycles. The zero-order chi connectivity index (χ0) is 14.0. The highest BCUT2D eigenvalue weighted by Crippen LogP contribution is 2.24. The van der Waals surface area contributed by atoms with Crippen molar-refractivity contribution >= 4 is 0 Å². The Balaban J connectivity index is 2.30. The van der Waals surface area contributed by atoms with Gasteiger partial charge in [-0.05, 0) is 37.0 Å². The molecule has 1 N–H and O–H groups in total. The van der Waals surface area contributed by atoms with Crippen molar-refractivity contribution < 1.29 is 5.11 Å². The van der Waals surface area contributed by atoms with Gasteiger partial charge < -0.3 is 5.11 Å². The molecule has 2 aromatic rings. The minimum Gasteiger partial charge on any atom is -0.382 e. The second-order valence-corrected chi connectivity index (χ2v) is 5.25. The van der Waals surface area contributed by atoms with Crippen molar-refractivity contribution in [3.05, 3.63) is 52.8 Å². The van der Waals surface area contributed by atoms with Crippen molar-refractivity contribution in [3.63, 3.8) is 0 Å². The number of aryl methyl sites for hydroxylation is 2. The SMILES string of the molecule is CCn1nc(C)cc1C(O)c1ccc(C(C)C)cc1. The number of benzene rings is 1. The molecule has 0 radical (unpaired) electrons. The maximum Gasteiger partial charge on any atom is 0.121 e.